The first kappa shape index (κ1) is 4.86. The lowest BCUT2D eigenvalue weighted by Crippen LogP contribution is -2.47. The van der Waals surface area contributed by atoms with Gasteiger partial charge in [0, 0.05) is 29.8 Å². The molecule has 1 spiro atoms. The van der Waals surface area contributed by atoms with Crippen LogP contribution in [0.25, 0.3) is 0 Å². The highest BCUT2D eigenvalue weighted by atomic mass is 32.2. The Morgan fingerprint density at radius 1 is 1.38 bits per heavy atom. The Morgan fingerprint density at radius 3 is 2.12 bits per heavy atom. The highest BCUT2D eigenvalue weighted by Crippen LogP contribution is 2.50. The van der Waals surface area contributed by atoms with Crippen molar-refractivity contribution in [3.63, 3.8) is 0 Å². The summed E-state index contributed by atoms with van der Waals surface area (Å²) in [4.78, 5) is 10.5. The fourth-order valence-corrected chi connectivity index (χ4v) is 2.57. The minimum absolute atomic E-state index is 0.477. The number of thioether (sulfide) groups is 1. The smallest absolute Gasteiger partial charge is 0.134 e. The van der Waals surface area contributed by atoms with Crippen LogP contribution in [0, 0.1) is 5.41 Å². The van der Waals surface area contributed by atoms with E-state index in [1.54, 1.807) is 0 Å². The van der Waals surface area contributed by atoms with Crippen molar-refractivity contribution in [1.29, 1.82) is 0 Å². The van der Waals surface area contributed by atoms with Gasteiger partial charge in [-0.25, -0.2) is 0 Å². The molecule has 0 N–H and O–H groups in total. The Kier molecular flexibility index (Phi) is 0.786. The van der Waals surface area contributed by atoms with E-state index in [2.05, 4.69) is 0 Å². The molecular formula is C6H8OS. The van der Waals surface area contributed by atoms with Gasteiger partial charge in [0.2, 0.25) is 0 Å². The number of rotatable bonds is 0. The third-order valence-corrected chi connectivity index (χ3v) is 3.59. The van der Waals surface area contributed by atoms with Crippen molar-refractivity contribution < 1.29 is 4.79 Å². The molecule has 2 fully saturated rings. The molecule has 44 valence electrons. The zero-order valence-corrected chi connectivity index (χ0v) is 5.46. The van der Waals surface area contributed by atoms with E-state index < -0.39 is 0 Å². The number of carbonyl (C=O) groups excluding carboxylic acids is 1. The standard InChI is InChI=1S/C6H8OS/c7-5-1-6(2-5)3-8-4-6/h1-4H2. The number of ketones is 1. The Labute approximate surface area is 52.8 Å². The van der Waals surface area contributed by atoms with Crippen molar-refractivity contribution in [3.8, 4) is 0 Å². The number of Topliss-reactive ketones (excluding diaryl/α,β-unsaturated/α-hetero) is 1. The summed E-state index contributed by atoms with van der Waals surface area (Å²) in [5, 5.41) is 0. The summed E-state index contributed by atoms with van der Waals surface area (Å²) in [6, 6.07) is 0. The monoisotopic (exact) mass is 128 g/mol. The lowest BCUT2D eigenvalue weighted by molar-refractivity contribution is -0.130. The van der Waals surface area contributed by atoms with Gasteiger partial charge < -0.3 is 0 Å². The molecule has 0 unspecified atom stereocenters. The molecule has 0 bridgehead atoms. The normalized spacial score (nSPS) is 31.8. The van der Waals surface area contributed by atoms with Gasteiger partial charge in [-0.3, -0.25) is 4.79 Å². The molecule has 0 aromatic rings. The van der Waals surface area contributed by atoms with Crippen LogP contribution in [-0.4, -0.2) is 17.3 Å². The van der Waals surface area contributed by atoms with Crippen LogP contribution in [-0.2, 0) is 4.79 Å². The second kappa shape index (κ2) is 1.29. The van der Waals surface area contributed by atoms with Gasteiger partial charge in [0.05, 0.1) is 0 Å². The maximum atomic E-state index is 10.5. The largest absolute Gasteiger partial charge is 0.300 e. The first-order chi connectivity index (χ1) is 3.81. The summed E-state index contributed by atoms with van der Waals surface area (Å²) in [5.41, 5.74) is 0.530. The molecule has 8 heavy (non-hydrogen) atoms. The molecule has 0 radical (unpaired) electrons. The molecule has 0 atom stereocenters. The van der Waals surface area contributed by atoms with Crippen LogP contribution in [0.15, 0.2) is 0 Å². The van der Waals surface area contributed by atoms with Crippen LogP contribution >= 0.6 is 11.8 Å². The molecule has 0 aromatic heterocycles. The molecule has 1 heterocycles. The predicted molar refractivity (Wildman–Crippen MR) is 34.0 cm³/mol. The van der Waals surface area contributed by atoms with Gasteiger partial charge in [-0.15, -0.1) is 0 Å². The van der Waals surface area contributed by atoms with E-state index in [-0.39, 0.29) is 0 Å². The maximum Gasteiger partial charge on any atom is 0.134 e. The summed E-state index contributed by atoms with van der Waals surface area (Å²) in [6.45, 7) is 0. The van der Waals surface area contributed by atoms with Crippen molar-refractivity contribution in [2.24, 2.45) is 5.41 Å². The number of hydrogen-bond donors (Lipinski definition) is 0. The molecular weight excluding hydrogens is 120 g/mol. The van der Waals surface area contributed by atoms with E-state index in [9.17, 15) is 4.79 Å². The van der Waals surface area contributed by atoms with Gasteiger partial charge >= 0.3 is 0 Å². The Balaban J connectivity index is 2.01. The lowest BCUT2D eigenvalue weighted by atomic mass is 9.70. The third-order valence-electron chi connectivity index (χ3n) is 1.96. The molecule has 2 aliphatic rings. The topological polar surface area (TPSA) is 17.1 Å². The van der Waals surface area contributed by atoms with Crippen molar-refractivity contribution in [2.75, 3.05) is 11.5 Å². The van der Waals surface area contributed by atoms with E-state index in [0.29, 0.717) is 11.2 Å². The summed E-state index contributed by atoms with van der Waals surface area (Å²) in [5.74, 6) is 2.97. The van der Waals surface area contributed by atoms with Crippen molar-refractivity contribution in [1.82, 2.24) is 0 Å². The van der Waals surface area contributed by atoms with Crippen LogP contribution < -0.4 is 0 Å². The van der Waals surface area contributed by atoms with Gasteiger partial charge in [-0.05, 0) is 0 Å². The zero-order valence-electron chi connectivity index (χ0n) is 4.64. The molecule has 1 saturated carbocycles. The predicted octanol–water partition coefficient (Wildman–Crippen LogP) is 1.08. The molecule has 0 aromatic carbocycles. The first-order valence-electron chi connectivity index (χ1n) is 2.90. The molecule has 1 aliphatic heterocycles. The minimum Gasteiger partial charge on any atom is -0.300 e. The average molecular weight is 128 g/mol. The summed E-state index contributed by atoms with van der Waals surface area (Å²) >= 11 is 1.97. The van der Waals surface area contributed by atoms with Gasteiger partial charge in [0.15, 0.2) is 0 Å². The zero-order chi connectivity index (χ0) is 5.61. The number of carbonyl (C=O) groups is 1. The minimum atomic E-state index is 0.477. The van der Waals surface area contributed by atoms with Crippen LogP contribution in [0.3, 0.4) is 0 Å². The van der Waals surface area contributed by atoms with E-state index in [0.717, 1.165) is 12.8 Å². The van der Waals surface area contributed by atoms with Crippen molar-refractivity contribution in [3.05, 3.63) is 0 Å². The second-order valence-electron chi connectivity index (χ2n) is 2.89. The Bertz CT molecular complexity index is 127. The average Bonchev–Trinajstić information content (AvgIpc) is 1.51. The van der Waals surface area contributed by atoms with E-state index in [1.165, 1.54) is 11.5 Å². The molecule has 1 nitrogen and oxygen atoms in total. The first-order valence-corrected chi connectivity index (χ1v) is 4.06. The van der Waals surface area contributed by atoms with Crippen LogP contribution in [0.5, 0.6) is 0 Å². The summed E-state index contributed by atoms with van der Waals surface area (Å²) in [6.07, 6.45) is 1.78. The Morgan fingerprint density at radius 2 is 2.00 bits per heavy atom. The quantitative estimate of drug-likeness (QED) is 0.485. The second-order valence-corrected chi connectivity index (χ2v) is 3.87. The fourth-order valence-electron chi connectivity index (χ4n) is 1.38. The van der Waals surface area contributed by atoms with Gasteiger partial charge in [-0.2, -0.15) is 11.8 Å². The van der Waals surface area contributed by atoms with E-state index in [4.69, 9.17) is 0 Å². The molecule has 0 amide bonds. The van der Waals surface area contributed by atoms with Gasteiger partial charge in [0.1, 0.15) is 5.78 Å². The highest BCUT2D eigenvalue weighted by Gasteiger charge is 2.48. The molecule has 1 aliphatic carbocycles. The molecule has 2 heteroatoms. The van der Waals surface area contributed by atoms with Crippen molar-refractivity contribution in [2.45, 2.75) is 12.8 Å². The SMILES string of the molecule is O=C1CC2(CSC2)C1. The van der Waals surface area contributed by atoms with Crippen LogP contribution in [0.2, 0.25) is 0 Å². The lowest BCUT2D eigenvalue weighted by Gasteiger charge is -2.47. The molecule has 2 rings (SSSR count). The van der Waals surface area contributed by atoms with E-state index in [1.807, 2.05) is 11.8 Å². The van der Waals surface area contributed by atoms with E-state index >= 15 is 0 Å². The number of hydrogen-bond acceptors (Lipinski definition) is 2. The Hall–Kier alpha value is 0.0200. The van der Waals surface area contributed by atoms with Gasteiger partial charge in [-0.1, -0.05) is 0 Å². The third kappa shape index (κ3) is 0.467. The van der Waals surface area contributed by atoms with Crippen molar-refractivity contribution >= 4 is 17.5 Å². The molecule has 1 saturated heterocycles. The van der Waals surface area contributed by atoms with Crippen LogP contribution in [0.4, 0.5) is 0 Å². The summed E-state index contributed by atoms with van der Waals surface area (Å²) in [7, 11) is 0. The fraction of sp³-hybridized carbons (Fsp3) is 0.833. The maximum absolute atomic E-state index is 10.5. The highest BCUT2D eigenvalue weighted by molar-refractivity contribution is 8.00. The van der Waals surface area contributed by atoms with Crippen LogP contribution in [0.1, 0.15) is 12.8 Å². The van der Waals surface area contributed by atoms with Gasteiger partial charge in [0.25, 0.3) is 0 Å². The summed E-state index contributed by atoms with van der Waals surface area (Å²) < 4.78 is 0.